The van der Waals surface area contributed by atoms with Crippen LogP contribution in [0.4, 0.5) is 22.7 Å². The second-order valence-electron chi connectivity index (χ2n) is 19.1. The Hall–Kier alpha value is -5.94. The molecular formula is C60H59Br4N2O14+. The van der Waals surface area contributed by atoms with Gasteiger partial charge in [0.1, 0.15) is 30.4 Å². The van der Waals surface area contributed by atoms with Gasteiger partial charge in [0.2, 0.25) is 5.78 Å². The van der Waals surface area contributed by atoms with Crippen LogP contribution in [-0.4, -0.2) is 109 Å². The van der Waals surface area contributed by atoms with Crippen molar-refractivity contribution in [1.82, 2.24) is 0 Å². The Balaban J connectivity index is 0.000000231. The molecule has 20 heteroatoms. The summed E-state index contributed by atoms with van der Waals surface area (Å²) in [4.78, 5) is 74.9. The average Bonchev–Trinajstić information content (AvgIpc) is 3.63. The molecule has 420 valence electrons. The number of aromatic hydroxyl groups is 2. The first kappa shape index (κ1) is 61.7. The number of nitrogens with two attached hydrogens (primary N) is 1. The van der Waals surface area contributed by atoms with Gasteiger partial charge >= 0.3 is 11.9 Å². The van der Waals surface area contributed by atoms with Crippen molar-refractivity contribution in [2.24, 2.45) is 0 Å². The third-order valence-corrected chi connectivity index (χ3v) is 15.4. The zero-order valence-electron chi connectivity index (χ0n) is 44.6. The summed E-state index contributed by atoms with van der Waals surface area (Å²) in [6.45, 7) is 12.3. The number of halogens is 4. The number of quaternary nitrogens is 1. The maximum Gasteiger partial charge on any atom is 0.302 e. The van der Waals surface area contributed by atoms with Gasteiger partial charge in [-0.05, 0) is 158 Å². The van der Waals surface area contributed by atoms with E-state index in [1.807, 2.05) is 57.3 Å². The van der Waals surface area contributed by atoms with Crippen molar-refractivity contribution in [3.8, 4) is 11.5 Å². The van der Waals surface area contributed by atoms with Crippen LogP contribution in [0.2, 0.25) is 0 Å². The van der Waals surface area contributed by atoms with E-state index in [0.717, 1.165) is 34.7 Å². The summed E-state index contributed by atoms with van der Waals surface area (Å²) in [5.41, 5.74) is 5.99. The van der Waals surface area contributed by atoms with E-state index >= 15 is 0 Å². The van der Waals surface area contributed by atoms with Gasteiger partial charge in [0.25, 0.3) is 0 Å². The lowest BCUT2D eigenvalue weighted by atomic mass is 9.82. The van der Waals surface area contributed by atoms with Crippen molar-refractivity contribution < 1.29 is 72.7 Å². The second-order valence-corrected chi connectivity index (χ2v) is 22.6. The van der Waals surface area contributed by atoms with E-state index in [4.69, 9.17) is 28.4 Å². The lowest BCUT2D eigenvalue weighted by Crippen LogP contribution is -2.72. The van der Waals surface area contributed by atoms with Crippen LogP contribution in [0.5, 0.6) is 11.5 Å². The number of carbonyl (C=O) groups excluding carboxylic acids is 6. The van der Waals surface area contributed by atoms with Gasteiger partial charge in [0.15, 0.2) is 23.0 Å². The molecule has 80 heavy (non-hydrogen) atoms. The third kappa shape index (κ3) is 15.3. The van der Waals surface area contributed by atoms with E-state index in [2.05, 4.69) is 69.0 Å². The highest BCUT2D eigenvalue weighted by atomic mass is 79.9. The van der Waals surface area contributed by atoms with Crippen LogP contribution < -0.4 is 10.6 Å². The van der Waals surface area contributed by atoms with Gasteiger partial charge in [-0.15, -0.1) is 0 Å². The van der Waals surface area contributed by atoms with Gasteiger partial charge in [-0.3, -0.25) is 34.1 Å². The molecule has 2 aliphatic rings. The molecule has 0 saturated heterocycles. The number of carbonyl (C=O) groups is 6. The summed E-state index contributed by atoms with van der Waals surface area (Å²) in [5, 5.41) is 26.1. The first-order valence-corrected chi connectivity index (χ1v) is 28.7. The monoisotopic (exact) mass is 1350 g/mol. The number of phenols is 2. The van der Waals surface area contributed by atoms with Gasteiger partial charge in [0.05, 0.1) is 93.4 Å². The maximum atomic E-state index is 13.4. The SMILES string of the molecule is CC(=O)OCC(C)OCC(C)OCCc1cc(Br)c(Nc2ccc(O)c3c2C(=O)c2ccccc2C3=O)c(Br)c1.CC(=O)OCC(C)OCC(C)OCCc1cc(Br)c([NH2+]c2ccc(O)c3c2C(=O)c2ccccc2C3=O)c(Br)c1. The molecule has 4 unspecified atom stereocenters. The van der Waals surface area contributed by atoms with E-state index in [1.165, 1.54) is 26.0 Å². The van der Waals surface area contributed by atoms with Crippen LogP contribution in [0.1, 0.15) is 116 Å². The smallest absolute Gasteiger partial charge is 0.302 e. The minimum Gasteiger partial charge on any atom is -0.507 e. The van der Waals surface area contributed by atoms with Crippen LogP contribution in [0.25, 0.3) is 0 Å². The molecule has 2 aliphatic carbocycles. The van der Waals surface area contributed by atoms with Gasteiger partial charge in [0, 0.05) is 51.1 Å². The minimum absolute atomic E-state index is 0.00594. The normalized spacial score (nSPS) is 13.9. The van der Waals surface area contributed by atoms with Gasteiger partial charge < -0.3 is 44.0 Å². The summed E-state index contributed by atoms with van der Waals surface area (Å²) in [6, 6.07) is 27.2. The van der Waals surface area contributed by atoms with Crippen LogP contribution in [-0.2, 0) is 50.9 Å². The Morgan fingerprint density at radius 3 is 1.31 bits per heavy atom. The van der Waals surface area contributed by atoms with Crippen LogP contribution in [0.15, 0.2) is 115 Å². The molecule has 8 rings (SSSR count). The fraction of sp³-hybridized carbons (Fsp3) is 0.300. The highest BCUT2D eigenvalue weighted by Gasteiger charge is 2.37. The molecule has 0 fully saturated rings. The fourth-order valence-corrected chi connectivity index (χ4v) is 11.8. The van der Waals surface area contributed by atoms with Crippen LogP contribution in [0.3, 0.4) is 0 Å². The number of ketones is 4. The highest BCUT2D eigenvalue weighted by Crippen LogP contribution is 2.42. The average molecular weight is 1350 g/mol. The van der Waals surface area contributed by atoms with Crippen molar-refractivity contribution in [3.05, 3.63) is 171 Å². The van der Waals surface area contributed by atoms with E-state index in [9.17, 15) is 39.0 Å². The number of nitrogens with one attached hydrogen (secondary N) is 1. The van der Waals surface area contributed by atoms with E-state index in [0.29, 0.717) is 73.0 Å². The predicted molar refractivity (Wildman–Crippen MR) is 313 cm³/mol. The number of rotatable bonds is 22. The van der Waals surface area contributed by atoms with Crippen molar-refractivity contribution in [3.63, 3.8) is 0 Å². The van der Waals surface area contributed by atoms with E-state index < -0.39 is 5.78 Å². The summed E-state index contributed by atoms with van der Waals surface area (Å²) in [7, 11) is 0. The molecule has 16 nitrogen and oxygen atoms in total. The number of phenolic OH excluding ortho intramolecular Hbond substituents is 2. The minimum atomic E-state index is -0.390. The standard InChI is InChI=1S/2C30H29Br2NO7/c2*1-16(14-39-17(2)15-40-18(3)34)38-11-10-19-12-22(31)28(23(32)13-19)33-24-8-9-25(35)27-26(24)29(36)20-6-4-5-7-21(20)30(27)37/h2*4-9,12-13,16-17,33,35H,10-11,14-15H2,1-3H3/p+1. The zero-order chi connectivity index (χ0) is 57.9. The highest BCUT2D eigenvalue weighted by molar-refractivity contribution is 9.11. The van der Waals surface area contributed by atoms with Crippen molar-refractivity contribution in [2.75, 3.05) is 45.0 Å². The molecule has 0 aliphatic heterocycles. The Bertz CT molecular complexity index is 3080. The molecule has 5 N–H and O–H groups in total. The molecule has 4 atom stereocenters. The quantitative estimate of drug-likeness (QED) is 0.0281. The lowest BCUT2D eigenvalue weighted by Gasteiger charge is -2.22. The number of esters is 2. The van der Waals surface area contributed by atoms with Crippen molar-refractivity contribution in [1.29, 1.82) is 0 Å². The third-order valence-electron chi connectivity index (χ3n) is 12.8. The van der Waals surface area contributed by atoms with Gasteiger partial charge in [-0.1, -0.05) is 48.5 Å². The number of fused-ring (bicyclic) bond motifs is 4. The second kappa shape index (κ2) is 28.2. The fourth-order valence-electron chi connectivity index (χ4n) is 8.78. The Kier molecular flexibility index (Phi) is 21.7. The number of hydrogen-bond acceptors (Lipinski definition) is 15. The molecule has 0 saturated carbocycles. The summed E-state index contributed by atoms with van der Waals surface area (Å²) >= 11 is 14.5. The van der Waals surface area contributed by atoms with Gasteiger partial charge in [-0.2, -0.15) is 0 Å². The molecular weight excluding hydrogens is 1290 g/mol. The van der Waals surface area contributed by atoms with E-state index in [-0.39, 0.29) is 106 Å². The van der Waals surface area contributed by atoms with E-state index in [1.54, 1.807) is 60.7 Å². The largest absolute Gasteiger partial charge is 0.507 e. The van der Waals surface area contributed by atoms with Crippen molar-refractivity contribution >= 4 is 122 Å². The Morgan fingerprint density at radius 2 is 0.875 bits per heavy atom. The molecule has 6 aromatic carbocycles. The zero-order valence-corrected chi connectivity index (χ0v) is 50.9. The topological polar surface area (TPSA) is 227 Å². The summed E-state index contributed by atoms with van der Waals surface area (Å²) < 4.78 is 36.0. The molecule has 0 radical (unpaired) electrons. The Labute approximate surface area is 496 Å². The number of anilines is 2. The lowest BCUT2D eigenvalue weighted by molar-refractivity contribution is -0.480. The molecule has 0 heterocycles. The summed E-state index contributed by atoms with van der Waals surface area (Å²) in [5.74, 6) is -2.51. The molecule has 0 amide bonds. The Morgan fingerprint density at radius 1 is 0.500 bits per heavy atom. The first-order chi connectivity index (χ1) is 38.1. The van der Waals surface area contributed by atoms with Gasteiger partial charge in [-0.25, -0.2) is 0 Å². The predicted octanol–water partition coefficient (Wildman–Crippen LogP) is 11.5. The number of benzene rings is 6. The first-order valence-electron chi connectivity index (χ1n) is 25.5. The molecule has 0 spiro atoms. The summed E-state index contributed by atoms with van der Waals surface area (Å²) in [6.07, 6.45) is 0.591. The molecule has 6 aromatic rings. The number of ether oxygens (including phenoxy) is 6. The van der Waals surface area contributed by atoms with Crippen molar-refractivity contribution in [2.45, 2.75) is 78.8 Å². The van der Waals surface area contributed by atoms with Crippen LogP contribution in [0, 0.1) is 0 Å². The molecule has 0 bridgehead atoms. The van der Waals surface area contributed by atoms with Crippen LogP contribution >= 0.6 is 63.7 Å². The maximum absolute atomic E-state index is 13.4. The number of hydrogen-bond donors (Lipinski definition) is 4. The molecule has 0 aromatic heterocycles.